The largest absolute Gasteiger partial charge is 1.00 e. The number of non-ortho nitro benzene ring substituents is 1. The molecule has 32 heavy (non-hydrogen) atoms. The standard InChI is InChI=1S/C27H49N2O2.ClH/c1-4-5-6-7-8-9-10-11-12-13-14-15-16-17-18-19-24-29(2,3)25-26-20-22-27(23-21-26)28(30)31;/h20-23H,4-19,24-25H2,1-3H3;1H/q+1;/p-1. The zero-order valence-electron chi connectivity index (χ0n) is 21.1. The number of rotatable bonds is 20. The van der Waals surface area contributed by atoms with Crippen LogP contribution in [0.2, 0.25) is 0 Å². The van der Waals surface area contributed by atoms with Gasteiger partial charge in [0.2, 0.25) is 0 Å². The lowest BCUT2D eigenvalue weighted by atomic mass is 10.0. The second-order valence-corrected chi connectivity index (χ2v) is 10.0. The molecule has 4 nitrogen and oxygen atoms in total. The molecule has 0 saturated heterocycles. The zero-order valence-corrected chi connectivity index (χ0v) is 21.9. The molecule has 0 aliphatic rings. The molecule has 0 aliphatic carbocycles. The Labute approximate surface area is 204 Å². The minimum Gasteiger partial charge on any atom is -1.00 e. The lowest BCUT2D eigenvalue weighted by molar-refractivity contribution is -0.903. The molecule has 0 spiro atoms. The molecule has 0 atom stereocenters. The van der Waals surface area contributed by atoms with Crippen LogP contribution in [-0.2, 0) is 6.54 Å². The van der Waals surface area contributed by atoms with Gasteiger partial charge in [0.1, 0.15) is 6.54 Å². The fourth-order valence-corrected chi connectivity index (χ4v) is 4.38. The summed E-state index contributed by atoms with van der Waals surface area (Å²) in [5.74, 6) is 0. The molecule has 0 heterocycles. The molecule has 0 saturated carbocycles. The van der Waals surface area contributed by atoms with Crippen molar-refractivity contribution in [2.75, 3.05) is 20.6 Å². The van der Waals surface area contributed by atoms with Crippen LogP contribution in [0.4, 0.5) is 5.69 Å². The highest BCUT2D eigenvalue weighted by molar-refractivity contribution is 5.32. The zero-order chi connectivity index (χ0) is 22.8. The van der Waals surface area contributed by atoms with Gasteiger partial charge in [0.25, 0.3) is 5.69 Å². The number of hydrogen-bond donors (Lipinski definition) is 0. The first-order valence-corrected chi connectivity index (χ1v) is 13.0. The minimum absolute atomic E-state index is 0. The number of unbranched alkanes of at least 4 members (excludes halogenated alkanes) is 15. The third-order valence-corrected chi connectivity index (χ3v) is 6.37. The Morgan fingerprint density at radius 1 is 0.688 bits per heavy atom. The van der Waals surface area contributed by atoms with Gasteiger partial charge in [-0.15, -0.1) is 0 Å². The van der Waals surface area contributed by atoms with E-state index in [9.17, 15) is 10.1 Å². The van der Waals surface area contributed by atoms with E-state index in [1.54, 1.807) is 12.1 Å². The number of hydrogen-bond acceptors (Lipinski definition) is 2. The summed E-state index contributed by atoms with van der Waals surface area (Å²) < 4.78 is 0.941. The molecule has 186 valence electrons. The van der Waals surface area contributed by atoms with Crippen molar-refractivity contribution in [2.45, 2.75) is 116 Å². The van der Waals surface area contributed by atoms with Crippen LogP contribution in [0.5, 0.6) is 0 Å². The van der Waals surface area contributed by atoms with E-state index >= 15 is 0 Å². The van der Waals surface area contributed by atoms with Gasteiger partial charge in [-0.3, -0.25) is 10.1 Å². The highest BCUT2D eigenvalue weighted by Crippen LogP contribution is 2.17. The van der Waals surface area contributed by atoms with Gasteiger partial charge in [-0.2, -0.15) is 0 Å². The number of nitro groups is 1. The molecular weight excluding hydrogens is 420 g/mol. The molecule has 1 rings (SSSR count). The second kappa shape index (κ2) is 19.3. The van der Waals surface area contributed by atoms with Gasteiger partial charge in [-0.25, -0.2) is 0 Å². The summed E-state index contributed by atoms with van der Waals surface area (Å²) in [6.07, 6.45) is 22.4. The maximum atomic E-state index is 10.8. The average molecular weight is 469 g/mol. The lowest BCUT2D eigenvalue weighted by Gasteiger charge is -2.30. The van der Waals surface area contributed by atoms with Gasteiger partial charge in [0.15, 0.2) is 0 Å². The molecule has 1 aromatic carbocycles. The summed E-state index contributed by atoms with van der Waals surface area (Å²) in [6, 6.07) is 7.02. The fourth-order valence-electron chi connectivity index (χ4n) is 4.38. The van der Waals surface area contributed by atoms with Crippen LogP contribution in [0.3, 0.4) is 0 Å². The van der Waals surface area contributed by atoms with E-state index < -0.39 is 0 Å². The van der Waals surface area contributed by atoms with Gasteiger partial charge in [0, 0.05) is 17.7 Å². The van der Waals surface area contributed by atoms with E-state index in [0.29, 0.717) is 0 Å². The van der Waals surface area contributed by atoms with Crippen LogP contribution in [0, 0.1) is 10.1 Å². The number of nitrogens with zero attached hydrogens (tertiary/aromatic N) is 2. The molecule has 0 N–H and O–H groups in total. The maximum absolute atomic E-state index is 10.8. The van der Waals surface area contributed by atoms with E-state index in [2.05, 4.69) is 21.0 Å². The van der Waals surface area contributed by atoms with Crippen molar-refractivity contribution in [3.05, 3.63) is 39.9 Å². The molecule has 0 aromatic heterocycles. The fraction of sp³-hybridized carbons (Fsp3) is 0.778. The Morgan fingerprint density at radius 3 is 1.44 bits per heavy atom. The van der Waals surface area contributed by atoms with Crippen molar-refractivity contribution in [1.82, 2.24) is 0 Å². The van der Waals surface area contributed by atoms with E-state index in [1.807, 2.05) is 12.1 Å². The smallest absolute Gasteiger partial charge is 0.269 e. The van der Waals surface area contributed by atoms with Crippen molar-refractivity contribution < 1.29 is 21.8 Å². The number of halogens is 1. The van der Waals surface area contributed by atoms with Crippen LogP contribution < -0.4 is 12.4 Å². The Bertz CT molecular complexity index is 576. The highest BCUT2D eigenvalue weighted by Gasteiger charge is 2.16. The minimum atomic E-state index is -0.333. The molecule has 1 aromatic rings. The van der Waals surface area contributed by atoms with Gasteiger partial charge >= 0.3 is 0 Å². The van der Waals surface area contributed by atoms with Crippen LogP contribution >= 0.6 is 0 Å². The van der Waals surface area contributed by atoms with Gasteiger partial charge in [-0.1, -0.05) is 96.8 Å². The summed E-state index contributed by atoms with van der Waals surface area (Å²) >= 11 is 0. The topological polar surface area (TPSA) is 43.1 Å². The third kappa shape index (κ3) is 16.5. The first-order valence-electron chi connectivity index (χ1n) is 13.0. The molecule has 0 fully saturated rings. The molecule has 5 heteroatoms. The first-order chi connectivity index (χ1) is 14.9. The van der Waals surface area contributed by atoms with E-state index in [-0.39, 0.29) is 23.0 Å². The summed E-state index contributed by atoms with van der Waals surface area (Å²) in [6.45, 7) is 4.37. The number of nitro benzene ring substituents is 1. The van der Waals surface area contributed by atoms with Crippen molar-refractivity contribution in [1.29, 1.82) is 0 Å². The molecule has 0 amide bonds. The van der Waals surface area contributed by atoms with Crippen LogP contribution in [-0.4, -0.2) is 30.0 Å². The average Bonchev–Trinajstić information content (AvgIpc) is 2.73. The molecule has 0 bridgehead atoms. The van der Waals surface area contributed by atoms with Crippen molar-refractivity contribution in [3.8, 4) is 0 Å². The lowest BCUT2D eigenvalue weighted by Crippen LogP contribution is -3.00. The Morgan fingerprint density at radius 2 is 1.06 bits per heavy atom. The van der Waals surface area contributed by atoms with Crippen LogP contribution in [0.25, 0.3) is 0 Å². The van der Waals surface area contributed by atoms with Crippen molar-refractivity contribution >= 4 is 5.69 Å². The molecular formula is C27H49ClN2O2. The maximum Gasteiger partial charge on any atom is 0.269 e. The van der Waals surface area contributed by atoms with Gasteiger partial charge in [0.05, 0.1) is 25.6 Å². The predicted molar refractivity (Wildman–Crippen MR) is 133 cm³/mol. The predicted octanol–water partition coefficient (Wildman–Crippen LogP) is 5.44. The van der Waals surface area contributed by atoms with Gasteiger partial charge < -0.3 is 16.9 Å². The molecule has 0 aliphatic heterocycles. The normalized spacial score (nSPS) is 11.3. The number of benzene rings is 1. The summed E-state index contributed by atoms with van der Waals surface area (Å²) in [4.78, 5) is 10.4. The summed E-state index contributed by atoms with van der Waals surface area (Å²) in [5.41, 5.74) is 1.35. The Balaban J connectivity index is 0.00000961. The van der Waals surface area contributed by atoms with Crippen LogP contribution in [0.1, 0.15) is 115 Å². The van der Waals surface area contributed by atoms with Crippen molar-refractivity contribution in [3.63, 3.8) is 0 Å². The first kappa shape index (κ1) is 30.9. The van der Waals surface area contributed by atoms with E-state index in [1.165, 1.54) is 108 Å². The summed E-state index contributed by atoms with van der Waals surface area (Å²) in [7, 11) is 4.51. The molecule has 0 radical (unpaired) electrons. The van der Waals surface area contributed by atoms with Crippen LogP contribution in [0.15, 0.2) is 24.3 Å². The molecule has 0 unspecified atom stereocenters. The van der Waals surface area contributed by atoms with E-state index in [0.717, 1.165) is 17.6 Å². The Kier molecular flexibility index (Phi) is 18.7. The third-order valence-electron chi connectivity index (χ3n) is 6.37. The number of quaternary nitrogens is 1. The monoisotopic (exact) mass is 468 g/mol. The van der Waals surface area contributed by atoms with Gasteiger partial charge in [-0.05, 0) is 25.0 Å². The Hall–Kier alpha value is -1.13. The highest BCUT2D eigenvalue weighted by atomic mass is 35.5. The SMILES string of the molecule is CCCCCCCCCCCCCCCCCC[N+](C)(C)Cc1ccc([N+](=O)[O-])cc1.[Cl-]. The van der Waals surface area contributed by atoms with E-state index in [4.69, 9.17) is 0 Å². The summed E-state index contributed by atoms with van der Waals surface area (Å²) in [5, 5.41) is 10.8. The second-order valence-electron chi connectivity index (χ2n) is 10.0. The van der Waals surface area contributed by atoms with Crippen molar-refractivity contribution in [2.24, 2.45) is 0 Å². The quantitative estimate of drug-likeness (QED) is 0.111.